The number of aromatic nitrogens is 4. The van der Waals surface area contributed by atoms with E-state index in [4.69, 9.17) is 4.74 Å². The zero-order chi connectivity index (χ0) is 28.4. The lowest BCUT2D eigenvalue weighted by atomic mass is 10.1. The van der Waals surface area contributed by atoms with Crippen molar-refractivity contribution in [3.8, 4) is 11.6 Å². The summed E-state index contributed by atoms with van der Waals surface area (Å²) in [5.41, 5.74) is -0.482. The second-order valence-corrected chi connectivity index (χ2v) is 10.9. The molecule has 15 heteroatoms. The topological polar surface area (TPSA) is 128 Å². The van der Waals surface area contributed by atoms with Crippen molar-refractivity contribution < 1.29 is 35.5 Å². The molecule has 10 nitrogen and oxygen atoms in total. The average molecular weight is 569 g/mol. The number of hydrogen-bond acceptors (Lipinski definition) is 8. The molecule has 0 saturated heterocycles. The van der Waals surface area contributed by atoms with Crippen LogP contribution in [-0.4, -0.2) is 46.4 Å². The summed E-state index contributed by atoms with van der Waals surface area (Å²) in [6.45, 7) is -2.42. The van der Waals surface area contributed by atoms with Gasteiger partial charge in [-0.2, -0.15) is 27.6 Å². The number of nitrogens with zero attached hydrogens (tertiary/aromatic N) is 4. The maximum atomic E-state index is 14.4. The summed E-state index contributed by atoms with van der Waals surface area (Å²) in [5, 5.41) is 9.72. The zero-order valence-corrected chi connectivity index (χ0v) is 21.5. The van der Waals surface area contributed by atoms with E-state index in [0.29, 0.717) is 11.6 Å². The van der Waals surface area contributed by atoms with Crippen LogP contribution in [0.3, 0.4) is 0 Å². The maximum Gasteiger partial charge on any atom is 0.333 e. The third-order valence-corrected chi connectivity index (χ3v) is 6.13. The normalized spacial score (nSPS) is 14.9. The first-order chi connectivity index (χ1) is 18.3. The SMILES string of the molecule is CC(F)(F)c1nc(Nc2cnn(C(F)F)c2)c(C(=O)N[C@H](/C=C/S(C)(=O)=O)C2CC2)c(Oc2ccccc2)n1. The van der Waals surface area contributed by atoms with Gasteiger partial charge < -0.3 is 15.4 Å². The molecule has 1 atom stereocenters. The van der Waals surface area contributed by atoms with Gasteiger partial charge >= 0.3 is 12.5 Å². The van der Waals surface area contributed by atoms with E-state index in [0.717, 1.165) is 36.9 Å². The highest BCUT2D eigenvalue weighted by atomic mass is 32.2. The van der Waals surface area contributed by atoms with Crippen molar-refractivity contribution >= 4 is 27.2 Å². The Kier molecular flexibility index (Phi) is 7.90. The van der Waals surface area contributed by atoms with Crippen LogP contribution >= 0.6 is 0 Å². The van der Waals surface area contributed by atoms with E-state index in [9.17, 15) is 30.8 Å². The smallest absolute Gasteiger partial charge is 0.333 e. The van der Waals surface area contributed by atoms with Gasteiger partial charge in [0, 0.05) is 18.6 Å². The number of halogens is 4. The Balaban J connectivity index is 1.81. The second-order valence-electron chi connectivity index (χ2n) is 8.99. The highest BCUT2D eigenvalue weighted by Crippen LogP contribution is 2.36. The molecule has 2 N–H and O–H groups in total. The molecule has 0 radical (unpaired) electrons. The van der Waals surface area contributed by atoms with Gasteiger partial charge in [0.2, 0.25) is 11.7 Å². The van der Waals surface area contributed by atoms with Gasteiger partial charge in [0.15, 0.2) is 15.7 Å². The van der Waals surface area contributed by atoms with Crippen LogP contribution in [0.4, 0.5) is 29.1 Å². The summed E-state index contributed by atoms with van der Waals surface area (Å²) in [4.78, 5) is 21.2. The van der Waals surface area contributed by atoms with Gasteiger partial charge in [-0.15, -0.1) is 0 Å². The molecule has 2 heterocycles. The zero-order valence-electron chi connectivity index (χ0n) is 20.7. The standard InChI is InChI=1S/C24H24F4N6O4S/c1-24(27,28)22-32-19(30-15-12-29-34(13-15)23(25)26)18(21(33-22)38-16-6-4-3-5-7-16)20(35)31-17(14-8-9-14)10-11-39(2,36)37/h3-7,10-14,17,23H,8-9H2,1-2H3,(H,31,35)(H,30,32,33)/b11-10+/t17-/m1/s1. The van der Waals surface area contributed by atoms with Gasteiger partial charge in [0.05, 0.1) is 24.1 Å². The van der Waals surface area contributed by atoms with E-state index in [2.05, 4.69) is 25.7 Å². The van der Waals surface area contributed by atoms with Gasteiger partial charge in [-0.05, 0) is 30.9 Å². The molecule has 1 aliphatic rings. The predicted octanol–water partition coefficient (Wildman–Crippen LogP) is 4.78. The molecule has 1 aliphatic carbocycles. The Hall–Kier alpha value is -4.01. The minimum Gasteiger partial charge on any atom is -0.438 e. The fourth-order valence-corrected chi connectivity index (χ4v) is 3.94. The van der Waals surface area contributed by atoms with E-state index in [1.807, 2.05) is 0 Å². The third-order valence-electron chi connectivity index (χ3n) is 5.48. The Bertz CT molecular complexity index is 1470. The first-order valence-electron chi connectivity index (χ1n) is 11.6. The number of nitrogens with one attached hydrogen (secondary N) is 2. The molecule has 0 unspecified atom stereocenters. The van der Waals surface area contributed by atoms with Crippen LogP contribution in [-0.2, 0) is 15.8 Å². The molecule has 4 rings (SSSR count). The van der Waals surface area contributed by atoms with E-state index in [1.165, 1.54) is 18.2 Å². The molecular weight excluding hydrogens is 544 g/mol. The van der Waals surface area contributed by atoms with Crippen molar-refractivity contribution in [2.24, 2.45) is 5.92 Å². The number of amides is 1. The molecule has 1 fully saturated rings. The van der Waals surface area contributed by atoms with Crippen molar-refractivity contribution in [1.82, 2.24) is 25.1 Å². The lowest BCUT2D eigenvalue weighted by molar-refractivity contribution is 0.00725. The van der Waals surface area contributed by atoms with Crippen LogP contribution in [0.2, 0.25) is 0 Å². The molecule has 3 aromatic rings. The highest BCUT2D eigenvalue weighted by Gasteiger charge is 2.36. The molecule has 208 valence electrons. The lowest BCUT2D eigenvalue weighted by Gasteiger charge is -2.20. The number of sulfone groups is 1. The summed E-state index contributed by atoms with van der Waals surface area (Å²) < 4.78 is 84.2. The minimum atomic E-state index is -3.57. The number of rotatable bonds is 11. The van der Waals surface area contributed by atoms with Gasteiger partial charge in [0.25, 0.3) is 5.91 Å². The van der Waals surface area contributed by atoms with Crippen molar-refractivity contribution in [3.63, 3.8) is 0 Å². The Morgan fingerprint density at radius 1 is 1.21 bits per heavy atom. The number of carbonyl (C=O) groups excluding carboxylic acids is 1. The van der Waals surface area contributed by atoms with Gasteiger partial charge in [-0.3, -0.25) is 4.79 Å². The number of benzene rings is 1. The summed E-state index contributed by atoms with van der Waals surface area (Å²) in [7, 11) is -3.50. The summed E-state index contributed by atoms with van der Waals surface area (Å²) in [5.74, 6) is -6.30. The van der Waals surface area contributed by atoms with E-state index >= 15 is 0 Å². The number of para-hydroxylation sites is 1. The fraction of sp³-hybridized carbons (Fsp3) is 0.333. The molecule has 39 heavy (non-hydrogen) atoms. The molecule has 1 saturated carbocycles. The predicted molar refractivity (Wildman–Crippen MR) is 133 cm³/mol. The number of anilines is 2. The fourth-order valence-electron chi connectivity index (χ4n) is 3.48. The first kappa shape index (κ1) is 28.0. The van der Waals surface area contributed by atoms with Crippen LogP contribution in [0.1, 0.15) is 42.5 Å². The maximum absolute atomic E-state index is 14.4. The molecule has 0 bridgehead atoms. The summed E-state index contributed by atoms with van der Waals surface area (Å²) in [6.07, 6.45) is 5.68. The summed E-state index contributed by atoms with van der Waals surface area (Å²) in [6, 6.07) is 7.22. The van der Waals surface area contributed by atoms with Crippen LogP contribution in [0, 0.1) is 5.92 Å². The van der Waals surface area contributed by atoms with Gasteiger partial charge in [-0.1, -0.05) is 24.3 Å². The van der Waals surface area contributed by atoms with Crippen molar-refractivity contribution in [1.29, 1.82) is 0 Å². The molecule has 1 aromatic carbocycles. The van der Waals surface area contributed by atoms with E-state index in [-0.39, 0.29) is 17.4 Å². The molecule has 0 spiro atoms. The van der Waals surface area contributed by atoms with Gasteiger partial charge in [0.1, 0.15) is 11.3 Å². The quantitative estimate of drug-likeness (QED) is 0.316. The Labute approximate surface area is 221 Å². The third kappa shape index (κ3) is 7.52. The molecule has 1 amide bonds. The number of alkyl halides is 4. The van der Waals surface area contributed by atoms with Crippen LogP contribution in [0.15, 0.2) is 54.2 Å². The molecule has 0 aliphatic heterocycles. The largest absolute Gasteiger partial charge is 0.438 e. The van der Waals surface area contributed by atoms with E-state index < -0.39 is 57.3 Å². The van der Waals surface area contributed by atoms with E-state index in [1.54, 1.807) is 18.2 Å². The minimum absolute atomic E-state index is 0.0497. The highest BCUT2D eigenvalue weighted by molar-refractivity contribution is 7.93. The number of ether oxygens (including phenoxy) is 1. The lowest BCUT2D eigenvalue weighted by Crippen LogP contribution is -2.36. The first-order valence-corrected chi connectivity index (χ1v) is 13.6. The Morgan fingerprint density at radius 3 is 2.46 bits per heavy atom. The van der Waals surface area contributed by atoms with Crippen LogP contribution in [0.5, 0.6) is 11.6 Å². The number of carbonyl (C=O) groups is 1. The van der Waals surface area contributed by atoms with Gasteiger partial charge in [-0.25, -0.2) is 18.1 Å². The van der Waals surface area contributed by atoms with Crippen molar-refractivity contribution in [2.75, 3.05) is 11.6 Å². The average Bonchev–Trinajstić information content (AvgIpc) is 3.58. The Morgan fingerprint density at radius 2 is 1.90 bits per heavy atom. The molecular formula is C24H24F4N6O4S. The van der Waals surface area contributed by atoms with Crippen molar-refractivity contribution in [2.45, 2.75) is 38.3 Å². The summed E-state index contributed by atoms with van der Waals surface area (Å²) >= 11 is 0. The number of hydrogen-bond donors (Lipinski definition) is 2. The van der Waals surface area contributed by atoms with Crippen LogP contribution < -0.4 is 15.4 Å². The second kappa shape index (κ2) is 11.0. The van der Waals surface area contributed by atoms with Crippen LogP contribution in [0.25, 0.3) is 0 Å². The monoisotopic (exact) mass is 568 g/mol. The van der Waals surface area contributed by atoms with Crippen molar-refractivity contribution in [3.05, 3.63) is 65.6 Å². The molecule has 2 aromatic heterocycles.